The highest BCUT2D eigenvalue weighted by molar-refractivity contribution is 6.30. The van der Waals surface area contributed by atoms with E-state index >= 15 is 0 Å². The van der Waals surface area contributed by atoms with Crippen LogP contribution in [0.5, 0.6) is 0 Å². The van der Waals surface area contributed by atoms with Gasteiger partial charge in [0.15, 0.2) is 0 Å². The third kappa shape index (κ3) is 3.21. The van der Waals surface area contributed by atoms with Gasteiger partial charge in [-0.25, -0.2) is 9.78 Å². The van der Waals surface area contributed by atoms with E-state index in [0.717, 1.165) is 11.3 Å². The molecule has 0 saturated heterocycles. The van der Waals surface area contributed by atoms with Gasteiger partial charge in [-0.3, -0.25) is 0 Å². The molecule has 1 aromatic carbocycles. The molecular weight excluding hydrogens is 252 g/mol. The topological polar surface area (TPSA) is 62.2 Å². The average Bonchev–Trinajstić information content (AvgIpc) is 2.37. The molecule has 2 N–H and O–H groups in total. The van der Waals surface area contributed by atoms with Crippen molar-refractivity contribution in [1.29, 1.82) is 0 Å². The first-order valence-corrected chi connectivity index (χ1v) is 5.70. The summed E-state index contributed by atoms with van der Waals surface area (Å²) >= 11 is 5.88. The predicted molar refractivity (Wildman–Crippen MR) is 70.0 cm³/mol. The highest BCUT2D eigenvalue weighted by Crippen LogP contribution is 2.13. The van der Waals surface area contributed by atoms with Crippen LogP contribution in [0.3, 0.4) is 0 Å². The van der Waals surface area contributed by atoms with Crippen molar-refractivity contribution in [2.45, 2.75) is 6.54 Å². The Morgan fingerprint density at radius 1 is 1.33 bits per heavy atom. The van der Waals surface area contributed by atoms with Gasteiger partial charge in [0.2, 0.25) is 0 Å². The molecule has 2 rings (SSSR count). The Balaban J connectivity index is 2.00. The summed E-state index contributed by atoms with van der Waals surface area (Å²) in [5.74, 6) is -1.03. The maximum atomic E-state index is 10.6. The van der Waals surface area contributed by atoms with Crippen LogP contribution in [0.2, 0.25) is 5.02 Å². The second-order valence-electron chi connectivity index (χ2n) is 3.72. The summed E-state index contributed by atoms with van der Waals surface area (Å²) in [5.41, 5.74) is 1.84. The number of anilines is 1. The summed E-state index contributed by atoms with van der Waals surface area (Å²) in [6, 6.07) is 10.7. The summed E-state index contributed by atoms with van der Waals surface area (Å²) in [7, 11) is 0. The van der Waals surface area contributed by atoms with Crippen LogP contribution in [0.1, 0.15) is 16.1 Å². The standard InChI is InChI=1S/C13H11ClN2O2/c14-10-3-1-2-9(6-10)7-15-11-4-5-12(13(17)18)16-8-11/h1-6,8,15H,7H2,(H,17,18). The zero-order valence-corrected chi connectivity index (χ0v) is 10.2. The van der Waals surface area contributed by atoms with Gasteiger partial charge in [0, 0.05) is 11.6 Å². The van der Waals surface area contributed by atoms with Gasteiger partial charge in [0.1, 0.15) is 5.69 Å². The Kier molecular flexibility index (Phi) is 3.79. The predicted octanol–water partition coefficient (Wildman–Crippen LogP) is 3.05. The molecule has 0 amide bonds. The molecule has 0 aliphatic rings. The number of carboxylic acid groups (broad SMARTS) is 1. The first-order valence-electron chi connectivity index (χ1n) is 5.33. The fraction of sp³-hybridized carbons (Fsp3) is 0.0769. The molecule has 0 atom stereocenters. The SMILES string of the molecule is O=C(O)c1ccc(NCc2cccc(Cl)c2)cn1. The monoisotopic (exact) mass is 262 g/mol. The molecule has 1 heterocycles. The molecule has 0 saturated carbocycles. The maximum Gasteiger partial charge on any atom is 0.354 e. The lowest BCUT2D eigenvalue weighted by molar-refractivity contribution is 0.0690. The van der Waals surface area contributed by atoms with Crippen molar-refractivity contribution in [3.8, 4) is 0 Å². The number of nitrogens with one attached hydrogen (secondary N) is 1. The Morgan fingerprint density at radius 3 is 2.78 bits per heavy atom. The lowest BCUT2D eigenvalue weighted by Crippen LogP contribution is -2.03. The van der Waals surface area contributed by atoms with Gasteiger partial charge in [0.05, 0.1) is 11.9 Å². The van der Waals surface area contributed by atoms with E-state index in [0.29, 0.717) is 11.6 Å². The number of hydrogen-bond acceptors (Lipinski definition) is 3. The summed E-state index contributed by atoms with van der Waals surface area (Å²) in [5, 5.41) is 12.5. The second kappa shape index (κ2) is 5.51. The van der Waals surface area contributed by atoms with E-state index in [1.807, 2.05) is 24.3 Å². The maximum absolute atomic E-state index is 10.6. The van der Waals surface area contributed by atoms with Gasteiger partial charge in [-0.15, -0.1) is 0 Å². The third-order valence-electron chi connectivity index (χ3n) is 2.37. The molecule has 1 aromatic heterocycles. The zero-order chi connectivity index (χ0) is 13.0. The zero-order valence-electron chi connectivity index (χ0n) is 9.43. The molecule has 0 radical (unpaired) electrons. The Morgan fingerprint density at radius 2 is 2.17 bits per heavy atom. The van der Waals surface area contributed by atoms with E-state index in [9.17, 15) is 4.79 Å². The van der Waals surface area contributed by atoms with Gasteiger partial charge in [-0.2, -0.15) is 0 Å². The van der Waals surface area contributed by atoms with Crippen molar-refractivity contribution in [3.63, 3.8) is 0 Å². The van der Waals surface area contributed by atoms with Crippen LogP contribution in [0.4, 0.5) is 5.69 Å². The highest BCUT2D eigenvalue weighted by Gasteiger charge is 2.03. The number of carbonyl (C=O) groups is 1. The number of carboxylic acids is 1. The molecule has 5 heteroatoms. The van der Waals surface area contributed by atoms with Crippen molar-refractivity contribution < 1.29 is 9.90 Å². The summed E-state index contributed by atoms with van der Waals surface area (Å²) in [6.45, 7) is 0.606. The van der Waals surface area contributed by atoms with Crippen molar-refractivity contribution in [1.82, 2.24) is 4.98 Å². The van der Waals surface area contributed by atoms with E-state index in [2.05, 4.69) is 10.3 Å². The number of nitrogens with zero attached hydrogens (tertiary/aromatic N) is 1. The molecular formula is C13H11ClN2O2. The average molecular weight is 263 g/mol. The number of halogens is 1. The van der Waals surface area contributed by atoms with Crippen LogP contribution >= 0.6 is 11.6 Å². The van der Waals surface area contributed by atoms with E-state index in [1.165, 1.54) is 12.3 Å². The van der Waals surface area contributed by atoms with E-state index < -0.39 is 5.97 Å². The lowest BCUT2D eigenvalue weighted by atomic mass is 10.2. The van der Waals surface area contributed by atoms with Gasteiger partial charge in [0.25, 0.3) is 0 Å². The van der Waals surface area contributed by atoms with Gasteiger partial charge in [-0.05, 0) is 29.8 Å². The minimum Gasteiger partial charge on any atom is -0.477 e. The van der Waals surface area contributed by atoms with Crippen LogP contribution in [-0.4, -0.2) is 16.1 Å². The fourth-order valence-electron chi connectivity index (χ4n) is 1.48. The number of aromatic nitrogens is 1. The number of hydrogen-bond donors (Lipinski definition) is 2. The quantitative estimate of drug-likeness (QED) is 0.889. The Bertz CT molecular complexity index is 555. The number of aromatic carboxylic acids is 1. The molecule has 4 nitrogen and oxygen atoms in total. The van der Waals surface area contributed by atoms with Crippen LogP contribution in [0.25, 0.3) is 0 Å². The van der Waals surface area contributed by atoms with Crippen LogP contribution in [0, 0.1) is 0 Å². The third-order valence-corrected chi connectivity index (χ3v) is 2.60. The minimum atomic E-state index is -1.03. The molecule has 0 bridgehead atoms. The van der Waals surface area contributed by atoms with Crippen LogP contribution in [-0.2, 0) is 6.54 Å². The van der Waals surface area contributed by atoms with E-state index in [4.69, 9.17) is 16.7 Å². The van der Waals surface area contributed by atoms with Crippen molar-refractivity contribution in [3.05, 3.63) is 58.9 Å². The van der Waals surface area contributed by atoms with Crippen molar-refractivity contribution in [2.75, 3.05) is 5.32 Å². The normalized spacial score (nSPS) is 10.1. The van der Waals surface area contributed by atoms with Gasteiger partial charge >= 0.3 is 5.97 Å². The van der Waals surface area contributed by atoms with Crippen molar-refractivity contribution >= 4 is 23.3 Å². The molecule has 0 aliphatic heterocycles. The molecule has 2 aromatic rings. The highest BCUT2D eigenvalue weighted by atomic mass is 35.5. The number of rotatable bonds is 4. The van der Waals surface area contributed by atoms with E-state index in [-0.39, 0.29) is 5.69 Å². The van der Waals surface area contributed by atoms with Crippen molar-refractivity contribution in [2.24, 2.45) is 0 Å². The molecule has 92 valence electrons. The molecule has 0 aliphatic carbocycles. The first kappa shape index (κ1) is 12.4. The van der Waals surface area contributed by atoms with Crippen LogP contribution < -0.4 is 5.32 Å². The Hall–Kier alpha value is -2.07. The van der Waals surface area contributed by atoms with Gasteiger partial charge in [-0.1, -0.05) is 23.7 Å². The van der Waals surface area contributed by atoms with Crippen LogP contribution in [0.15, 0.2) is 42.6 Å². The summed E-state index contributed by atoms with van der Waals surface area (Å²) in [4.78, 5) is 14.5. The fourth-order valence-corrected chi connectivity index (χ4v) is 1.69. The van der Waals surface area contributed by atoms with E-state index in [1.54, 1.807) is 6.07 Å². The summed E-state index contributed by atoms with van der Waals surface area (Å²) in [6.07, 6.45) is 1.49. The second-order valence-corrected chi connectivity index (χ2v) is 4.16. The molecule has 0 fully saturated rings. The lowest BCUT2D eigenvalue weighted by Gasteiger charge is -2.06. The first-order chi connectivity index (χ1) is 8.65. The largest absolute Gasteiger partial charge is 0.477 e. The molecule has 0 spiro atoms. The number of benzene rings is 1. The number of pyridine rings is 1. The smallest absolute Gasteiger partial charge is 0.354 e. The summed E-state index contributed by atoms with van der Waals surface area (Å²) < 4.78 is 0. The van der Waals surface area contributed by atoms with Gasteiger partial charge < -0.3 is 10.4 Å². The Labute approximate surface area is 109 Å². The molecule has 18 heavy (non-hydrogen) atoms. The minimum absolute atomic E-state index is 0.0308. The molecule has 0 unspecified atom stereocenters.